The van der Waals surface area contributed by atoms with Crippen LogP contribution in [0.15, 0.2) is 24.3 Å². The number of benzene rings is 1. The van der Waals surface area contributed by atoms with E-state index < -0.39 is 0 Å². The van der Waals surface area contributed by atoms with Crippen molar-refractivity contribution >= 4 is 5.69 Å². The molecule has 0 atom stereocenters. The lowest BCUT2D eigenvalue weighted by Gasteiger charge is -2.31. The van der Waals surface area contributed by atoms with E-state index in [2.05, 4.69) is 36.1 Å². The summed E-state index contributed by atoms with van der Waals surface area (Å²) in [4.78, 5) is 2.62. The van der Waals surface area contributed by atoms with E-state index in [1.165, 1.54) is 76.6 Å². The SMILES string of the molecule is CCCCCCN(CC1CCCCC1)c1ccc(OC)cc1. The van der Waals surface area contributed by atoms with E-state index in [-0.39, 0.29) is 0 Å². The highest BCUT2D eigenvalue weighted by Crippen LogP contribution is 2.27. The molecule has 2 nitrogen and oxygen atoms in total. The average Bonchev–Trinajstić information content (AvgIpc) is 2.59. The molecule has 0 radical (unpaired) electrons. The Morgan fingerprint density at radius 2 is 1.73 bits per heavy atom. The third-order valence-electron chi connectivity index (χ3n) is 4.92. The quantitative estimate of drug-likeness (QED) is 0.546. The predicted molar refractivity (Wildman–Crippen MR) is 95.9 cm³/mol. The van der Waals surface area contributed by atoms with Gasteiger partial charge in [-0.2, -0.15) is 0 Å². The largest absolute Gasteiger partial charge is 0.497 e. The van der Waals surface area contributed by atoms with Crippen molar-refractivity contribution in [1.82, 2.24) is 0 Å². The van der Waals surface area contributed by atoms with Crippen LogP contribution in [0.1, 0.15) is 64.7 Å². The molecule has 0 heterocycles. The van der Waals surface area contributed by atoms with E-state index in [0.717, 1.165) is 11.7 Å². The van der Waals surface area contributed by atoms with Gasteiger partial charge >= 0.3 is 0 Å². The Labute approximate surface area is 136 Å². The van der Waals surface area contributed by atoms with Crippen molar-refractivity contribution in [2.45, 2.75) is 64.7 Å². The molecule has 1 fully saturated rings. The lowest BCUT2D eigenvalue weighted by molar-refractivity contribution is 0.357. The summed E-state index contributed by atoms with van der Waals surface area (Å²) in [6, 6.07) is 8.63. The Hall–Kier alpha value is -1.18. The Bertz CT molecular complexity index is 395. The van der Waals surface area contributed by atoms with Gasteiger partial charge in [-0.15, -0.1) is 0 Å². The standard InChI is InChI=1S/C20H33NO/c1-3-4-5-9-16-21(17-18-10-7-6-8-11-18)19-12-14-20(22-2)15-13-19/h12-15,18H,3-11,16-17H2,1-2H3. The maximum absolute atomic E-state index is 5.29. The molecule has 1 saturated carbocycles. The van der Waals surface area contributed by atoms with Crippen LogP contribution in [-0.4, -0.2) is 20.2 Å². The van der Waals surface area contributed by atoms with Crippen LogP contribution in [0.2, 0.25) is 0 Å². The summed E-state index contributed by atoms with van der Waals surface area (Å²) in [5, 5.41) is 0. The van der Waals surface area contributed by atoms with Gasteiger partial charge < -0.3 is 9.64 Å². The van der Waals surface area contributed by atoms with Crippen molar-refractivity contribution < 1.29 is 4.74 Å². The normalized spacial score (nSPS) is 15.7. The fourth-order valence-electron chi connectivity index (χ4n) is 3.53. The van der Waals surface area contributed by atoms with Crippen LogP contribution < -0.4 is 9.64 Å². The van der Waals surface area contributed by atoms with Crippen LogP contribution >= 0.6 is 0 Å². The fraction of sp³-hybridized carbons (Fsp3) is 0.700. The lowest BCUT2D eigenvalue weighted by Crippen LogP contribution is -2.31. The molecule has 1 aliphatic rings. The summed E-state index contributed by atoms with van der Waals surface area (Å²) in [5.74, 6) is 1.84. The van der Waals surface area contributed by atoms with Gasteiger partial charge in [0.05, 0.1) is 7.11 Å². The van der Waals surface area contributed by atoms with Gasteiger partial charge in [0.15, 0.2) is 0 Å². The first kappa shape index (κ1) is 17.2. The summed E-state index contributed by atoms with van der Waals surface area (Å²) in [7, 11) is 1.74. The first-order valence-electron chi connectivity index (χ1n) is 9.22. The van der Waals surface area contributed by atoms with E-state index >= 15 is 0 Å². The molecule has 22 heavy (non-hydrogen) atoms. The minimum Gasteiger partial charge on any atom is -0.497 e. The lowest BCUT2D eigenvalue weighted by atomic mass is 9.88. The van der Waals surface area contributed by atoms with Crippen molar-refractivity contribution in [1.29, 1.82) is 0 Å². The van der Waals surface area contributed by atoms with E-state index in [9.17, 15) is 0 Å². The Morgan fingerprint density at radius 3 is 2.36 bits per heavy atom. The zero-order chi connectivity index (χ0) is 15.6. The number of hydrogen-bond acceptors (Lipinski definition) is 2. The van der Waals surface area contributed by atoms with E-state index in [1.807, 2.05) is 0 Å². The van der Waals surface area contributed by atoms with Crippen molar-refractivity contribution in [3.8, 4) is 5.75 Å². The molecule has 0 bridgehead atoms. The first-order valence-corrected chi connectivity index (χ1v) is 9.22. The number of unbranched alkanes of at least 4 members (excludes halogenated alkanes) is 3. The van der Waals surface area contributed by atoms with Crippen LogP contribution in [0.4, 0.5) is 5.69 Å². The molecular weight excluding hydrogens is 270 g/mol. The maximum Gasteiger partial charge on any atom is 0.119 e. The van der Waals surface area contributed by atoms with Gasteiger partial charge in [0, 0.05) is 18.8 Å². The number of methoxy groups -OCH3 is 1. The molecule has 0 saturated heterocycles. The van der Waals surface area contributed by atoms with E-state index in [0.29, 0.717) is 0 Å². The summed E-state index contributed by atoms with van der Waals surface area (Å²) in [6.07, 6.45) is 12.5. The Morgan fingerprint density at radius 1 is 1.00 bits per heavy atom. The van der Waals surface area contributed by atoms with Crippen LogP contribution in [0, 0.1) is 5.92 Å². The van der Waals surface area contributed by atoms with Crippen LogP contribution in [0.3, 0.4) is 0 Å². The molecule has 0 N–H and O–H groups in total. The van der Waals surface area contributed by atoms with Crippen LogP contribution in [-0.2, 0) is 0 Å². The average molecular weight is 303 g/mol. The van der Waals surface area contributed by atoms with E-state index in [4.69, 9.17) is 4.74 Å². The topological polar surface area (TPSA) is 12.5 Å². The molecule has 1 aliphatic carbocycles. The highest BCUT2D eigenvalue weighted by atomic mass is 16.5. The summed E-state index contributed by atoms with van der Waals surface area (Å²) in [6.45, 7) is 4.71. The molecule has 124 valence electrons. The minimum atomic E-state index is 0.891. The van der Waals surface area contributed by atoms with Crippen molar-refractivity contribution in [3.63, 3.8) is 0 Å². The van der Waals surface area contributed by atoms with Crippen molar-refractivity contribution in [2.24, 2.45) is 5.92 Å². The minimum absolute atomic E-state index is 0.891. The maximum atomic E-state index is 5.29. The molecule has 0 unspecified atom stereocenters. The number of nitrogens with zero attached hydrogens (tertiary/aromatic N) is 1. The third kappa shape index (κ3) is 5.55. The van der Waals surface area contributed by atoms with Gasteiger partial charge in [0.25, 0.3) is 0 Å². The van der Waals surface area contributed by atoms with Crippen molar-refractivity contribution in [3.05, 3.63) is 24.3 Å². The Balaban J connectivity index is 1.95. The van der Waals surface area contributed by atoms with Gasteiger partial charge in [-0.1, -0.05) is 45.4 Å². The third-order valence-corrected chi connectivity index (χ3v) is 4.92. The number of anilines is 1. The molecule has 0 aromatic heterocycles. The van der Waals surface area contributed by atoms with Gasteiger partial charge in [-0.05, 0) is 49.4 Å². The summed E-state index contributed by atoms with van der Waals surface area (Å²) in [5.41, 5.74) is 1.36. The van der Waals surface area contributed by atoms with Gasteiger partial charge in [0.2, 0.25) is 0 Å². The second-order valence-electron chi connectivity index (χ2n) is 6.71. The molecule has 0 amide bonds. The van der Waals surface area contributed by atoms with Crippen LogP contribution in [0.25, 0.3) is 0 Å². The first-order chi connectivity index (χ1) is 10.8. The molecule has 0 aliphatic heterocycles. The predicted octanol–water partition coefficient (Wildman–Crippen LogP) is 5.66. The molecule has 2 heteroatoms. The smallest absolute Gasteiger partial charge is 0.119 e. The molecule has 1 aromatic rings. The molecule has 2 rings (SSSR count). The highest BCUT2D eigenvalue weighted by Gasteiger charge is 2.17. The number of hydrogen-bond donors (Lipinski definition) is 0. The molecular formula is C20H33NO. The molecule has 1 aromatic carbocycles. The van der Waals surface area contributed by atoms with Crippen LogP contribution in [0.5, 0.6) is 5.75 Å². The van der Waals surface area contributed by atoms with Gasteiger partial charge in [-0.3, -0.25) is 0 Å². The monoisotopic (exact) mass is 303 g/mol. The fourth-order valence-corrected chi connectivity index (χ4v) is 3.53. The zero-order valence-electron chi connectivity index (χ0n) is 14.5. The zero-order valence-corrected chi connectivity index (χ0v) is 14.5. The van der Waals surface area contributed by atoms with E-state index in [1.54, 1.807) is 7.11 Å². The van der Waals surface area contributed by atoms with Gasteiger partial charge in [0.1, 0.15) is 5.75 Å². The number of rotatable bonds is 9. The highest BCUT2D eigenvalue weighted by molar-refractivity contribution is 5.49. The summed E-state index contributed by atoms with van der Waals surface area (Å²) < 4.78 is 5.29. The summed E-state index contributed by atoms with van der Waals surface area (Å²) >= 11 is 0. The second kappa shape index (κ2) is 9.76. The second-order valence-corrected chi connectivity index (χ2v) is 6.71. The number of ether oxygens (including phenoxy) is 1. The van der Waals surface area contributed by atoms with Crippen molar-refractivity contribution in [2.75, 3.05) is 25.1 Å². The molecule has 0 spiro atoms. The van der Waals surface area contributed by atoms with Gasteiger partial charge in [-0.25, -0.2) is 0 Å². The Kier molecular flexibility index (Phi) is 7.62.